The van der Waals surface area contributed by atoms with Crippen LogP contribution in [0.1, 0.15) is 13.8 Å². The quantitative estimate of drug-likeness (QED) is 0.420. The average molecular weight is 407 g/mol. The fourth-order valence-electron chi connectivity index (χ4n) is 3.05. The van der Waals surface area contributed by atoms with Crippen molar-refractivity contribution in [3.63, 3.8) is 0 Å². The molecule has 0 saturated heterocycles. The number of hydrogen-bond donors (Lipinski definition) is 2. The molecule has 144 valence electrons. The molecule has 3 rings (SSSR count). The van der Waals surface area contributed by atoms with Gasteiger partial charge in [-0.1, -0.05) is 92.7 Å². The van der Waals surface area contributed by atoms with Crippen molar-refractivity contribution in [1.82, 2.24) is 5.32 Å². The van der Waals surface area contributed by atoms with Crippen LogP contribution in [0.25, 0.3) is 0 Å². The average Bonchev–Trinajstić information content (AvgIpc) is 2.73. The molecule has 0 spiro atoms. The number of benzene rings is 3. The zero-order valence-corrected chi connectivity index (χ0v) is 18.1. The third kappa shape index (κ3) is 5.89. The van der Waals surface area contributed by atoms with Crippen LogP contribution in [0.3, 0.4) is 0 Å². The molecular formula is C24H27N2PS. The van der Waals surface area contributed by atoms with Crippen molar-refractivity contribution in [2.24, 2.45) is 5.92 Å². The highest BCUT2D eigenvalue weighted by Crippen LogP contribution is 2.35. The van der Waals surface area contributed by atoms with Gasteiger partial charge in [-0.3, -0.25) is 0 Å². The van der Waals surface area contributed by atoms with E-state index in [-0.39, 0.29) is 6.04 Å². The van der Waals surface area contributed by atoms with Gasteiger partial charge in [0.2, 0.25) is 0 Å². The van der Waals surface area contributed by atoms with E-state index in [9.17, 15) is 0 Å². The molecule has 0 radical (unpaired) electrons. The third-order valence-corrected chi connectivity index (χ3v) is 7.49. The number of para-hydroxylation sites is 1. The maximum Gasteiger partial charge on any atom is 0.171 e. The molecule has 2 N–H and O–H groups in total. The first-order valence-corrected chi connectivity index (χ1v) is 11.6. The van der Waals surface area contributed by atoms with Gasteiger partial charge in [-0.25, -0.2) is 0 Å². The Labute approximate surface area is 175 Å². The lowest BCUT2D eigenvalue weighted by atomic mass is 10.1. The van der Waals surface area contributed by atoms with Crippen molar-refractivity contribution in [2.45, 2.75) is 19.9 Å². The van der Waals surface area contributed by atoms with Gasteiger partial charge in [0, 0.05) is 11.7 Å². The summed E-state index contributed by atoms with van der Waals surface area (Å²) < 4.78 is 0. The molecule has 0 aliphatic rings. The highest BCUT2D eigenvalue weighted by Gasteiger charge is 2.22. The summed E-state index contributed by atoms with van der Waals surface area (Å²) in [4.78, 5) is 0. The van der Waals surface area contributed by atoms with Crippen LogP contribution in [-0.4, -0.2) is 17.3 Å². The van der Waals surface area contributed by atoms with E-state index in [1.54, 1.807) is 0 Å². The highest BCUT2D eigenvalue weighted by molar-refractivity contribution is 7.80. The molecule has 0 saturated carbocycles. The molecule has 0 aromatic heterocycles. The van der Waals surface area contributed by atoms with E-state index >= 15 is 0 Å². The third-order valence-electron chi connectivity index (χ3n) is 4.67. The van der Waals surface area contributed by atoms with Crippen LogP contribution >= 0.6 is 20.1 Å². The second-order valence-corrected chi connectivity index (χ2v) is 9.76. The van der Waals surface area contributed by atoms with Crippen molar-refractivity contribution in [3.05, 3.63) is 91.0 Å². The molecule has 0 aliphatic heterocycles. The first-order chi connectivity index (χ1) is 13.6. The van der Waals surface area contributed by atoms with Crippen LogP contribution in [0.4, 0.5) is 5.69 Å². The Morgan fingerprint density at radius 3 is 1.71 bits per heavy atom. The van der Waals surface area contributed by atoms with Gasteiger partial charge in [0.1, 0.15) is 0 Å². The Kier molecular flexibility index (Phi) is 7.59. The van der Waals surface area contributed by atoms with Gasteiger partial charge >= 0.3 is 0 Å². The second-order valence-electron chi connectivity index (χ2n) is 7.10. The Hall–Kier alpha value is -2.22. The summed E-state index contributed by atoms with van der Waals surface area (Å²) in [5, 5.41) is 10.4. The van der Waals surface area contributed by atoms with Gasteiger partial charge < -0.3 is 10.6 Å². The van der Waals surface area contributed by atoms with Gasteiger partial charge in [0.25, 0.3) is 0 Å². The van der Waals surface area contributed by atoms with E-state index in [0.717, 1.165) is 11.8 Å². The van der Waals surface area contributed by atoms with Crippen LogP contribution in [-0.2, 0) is 0 Å². The SMILES string of the molecule is CC(C)[C@@H](CP(c1ccccc1)c1ccccc1)NC(=S)Nc1ccccc1. The van der Waals surface area contributed by atoms with E-state index < -0.39 is 7.92 Å². The summed E-state index contributed by atoms with van der Waals surface area (Å²) in [6.45, 7) is 4.51. The van der Waals surface area contributed by atoms with Crippen LogP contribution in [0.15, 0.2) is 91.0 Å². The fraction of sp³-hybridized carbons (Fsp3) is 0.208. The lowest BCUT2D eigenvalue weighted by molar-refractivity contribution is 0.494. The minimum atomic E-state index is -0.462. The lowest BCUT2D eigenvalue weighted by Crippen LogP contribution is -2.44. The Bertz CT molecular complexity index is 814. The molecule has 2 nitrogen and oxygen atoms in total. The predicted molar refractivity (Wildman–Crippen MR) is 128 cm³/mol. The molecule has 0 unspecified atom stereocenters. The van der Waals surface area contributed by atoms with Gasteiger partial charge in [-0.15, -0.1) is 0 Å². The predicted octanol–water partition coefficient (Wildman–Crippen LogP) is 5.13. The summed E-state index contributed by atoms with van der Waals surface area (Å²) >= 11 is 5.60. The summed E-state index contributed by atoms with van der Waals surface area (Å²) in [7, 11) is -0.462. The largest absolute Gasteiger partial charge is 0.359 e. The zero-order valence-electron chi connectivity index (χ0n) is 16.4. The Morgan fingerprint density at radius 1 is 0.786 bits per heavy atom. The monoisotopic (exact) mass is 406 g/mol. The van der Waals surface area contributed by atoms with E-state index in [1.165, 1.54) is 10.6 Å². The van der Waals surface area contributed by atoms with Crippen LogP contribution < -0.4 is 21.2 Å². The van der Waals surface area contributed by atoms with Gasteiger partial charge in [-0.05, 0) is 55.0 Å². The molecule has 28 heavy (non-hydrogen) atoms. The Balaban J connectivity index is 1.77. The summed E-state index contributed by atoms with van der Waals surface area (Å²) in [6.07, 6.45) is 1.04. The second kappa shape index (κ2) is 10.4. The first kappa shape index (κ1) is 20.5. The topological polar surface area (TPSA) is 24.1 Å². The number of nitrogens with one attached hydrogen (secondary N) is 2. The minimum absolute atomic E-state index is 0.287. The van der Waals surface area contributed by atoms with E-state index in [0.29, 0.717) is 11.0 Å². The number of rotatable bonds is 7. The van der Waals surface area contributed by atoms with Crippen molar-refractivity contribution < 1.29 is 0 Å². The standard InChI is InChI=1S/C24H27N2PS/c1-19(2)23(26-24(28)25-20-12-6-3-7-13-20)18-27(21-14-8-4-9-15-21)22-16-10-5-11-17-22/h3-17,19,23H,18H2,1-2H3,(H2,25,26,28)/t23-/m1/s1. The van der Waals surface area contributed by atoms with Crippen molar-refractivity contribution in [3.8, 4) is 0 Å². The van der Waals surface area contributed by atoms with Crippen LogP contribution in [0.2, 0.25) is 0 Å². The maximum absolute atomic E-state index is 5.60. The van der Waals surface area contributed by atoms with Crippen molar-refractivity contribution >= 4 is 41.5 Å². The summed E-state index contributed by atoms with van der Waals surface area (Å²) in [5.41, 5.74) is 1.01. The summed E-state index contributed by atoms with van der Waals surface area (Å²) in [5.74, 6) is 0.466. The molecule has 0 heterocycles. The smallest absolute Gasteiger partial charge is 0.171 e. The number of hydrogen-bond acceptors (Lipinski definition) is 1. The molecule has 3 aromatic rings. The van der Waals surface area contributed by atoms with Crippen LogP contribution in [0, 0.1) is 5.92 Å². The van der Waals surface area contributed by atoms with Crippen molar-refractivity contribution in [1.29, 1.82) is 0 Å². The van der Waals surface area contributed by atoms with Gasteiger partial charge in [-0.2, -0.15) is 0 Å². The Morgan fingerprint density at radius 2 is 1.25 bits per heavy atom. The zero-order chi connectivity index (χ0) is 19.8. The van der Waals surface area contributed by atoms with Gasteiger partial charge in [0.05, 0.1) is 0 Å². The molecule has 0 bridgehead atoms. The minimum Gasteiger partial charge on any atom is -0.359 e. The molecule has 1 atom stereocenters. The van der Waals surface area contributed by atoms with Gasteiger partial charge in [0.15, 0.2) is 5.11 Å². The molecule has 4 heteroatoms. The number of thiocarbonyl (C=S) groups is 1. The molecule has 3 aromatic carbocycles. The molecular weight excluding hydrogens is 379 g/mol. The van der Waals surface area contributed by atoms with Crippen LogP contribution in [0.5, 0.6) is 0 Å². The number of anilines is 1. The molecule has 0 amide bonds. The lowest BCUT2D eigenvalue weighted by Gasteiger charge is -2.29. The normalized spacial score (nSPS) is 12.0. The molecule has 0 fully saturated rings. The summed E-state index contributed by atoms with van der Waals surface area (Å²) in [6, 6.07) is 32.0. The van der Waals surface area contributed by atoms with E-state index in [4.69, 9.17) is 12.2 Å². The van der Waals surface area contributed by atoms with E-state index in [1.807, 2.05) is 30.3 Å². The fourth-order valence-corrected chi connectivity index (χ4v) is 6.01. The van der Waals surface area contributed by atoms with Crippen molar-refractivity contribution in [2.75, 3.05) is 11.5 Å². The maximum atomic E-state index is 5.60. The van der Waals surface area contributed by atoms with E-state index in [2.05, 4.69) is 85.1 Å². The first-order valence-electron chi connectivity index (χ1n) is 9.63. The highest BCUT2D eigenvalue weighted by atomic mass is 32.1. The molecule has 0 aliphatic carbocycles.